The van der Waals surface area contributed by atoms with Gasteiger partial charge in [0.2, 0.25) is 10.0 Å². The summed E-state index contributed by atoms with van der Waals surface area (Å²) in [7, 11) is -4.00. The Hall–Kier alpha value is -1.63. The largest absolute Gasteiger partial charge is 0.417 e. The predicted molar refractivity (Wildman–Crippen MR) is 76.9 cm³/mol. The van der Waals surface area contributed by atoms with Crippen molar-refractivity contribution in [2.24, 2.45) is 5.92 Å². The first-order valence-electron chi connectivity index (χ1n) is 6.99. The van der Waals surface area contributed by atoms with E-state index in [4.69, 9.17) is 5.26 Å². The minimum absolute atomic E-state index is 0.107. The fraction of sp³-hybridized carbons (Fsp3) is 0.500. The zero-order valence-electron chi connectivity index (χ0n) is 12.3. The van der Waals surface area contributed by atoms with Crippen LogP contribution in [0.2, 0.25) is 0 Å². The van der Waals surface area contributed by atoms with Crippen LogP contribution in [0.3, 0.4) is 0 Å². The van der Waals surface area contributed by atoms with Crippen molar-refractivity contribution in [1.29, 1.82) is 5.26 Å². The second kappa shape index (κ2) is 6.47. The molecule has 1 aliphatic heterocycles. The van der Waals surface area contributed by atoms with Crippen molar-refractivity contribution in [3.8, 4) is 6.07 Å². The summed E-state index contributed by atoms with van der Waals surface area (Å²) in [4.78, 5) is -0.347. The van der Waals surface area contributed by atoms with E-state index in [9.17, 15) is 21.6 Å². The quantitative estimate of drug-likeness (QED) is 0.874. The molecule has 9 heteroatoms. The van der Waals surface area contributed by atoms with Gasteiger partial charge in [-0.05, 0) is 37.1 Å². The fourth-order valence-electron chi connectivity index (χ4n) is 2.45. The lowest BCUT2D eigenvalue weighted by molar-refractivity contribution is -0.137. The van der Waals surface area contributed by atoms with Gasteiger partial charge in [0.05, 0.1) is 22.1 Å². The molecule has 1 aliphatic rings. The minimum Gasteiger partial charge on any atom is -0.315 e. The number of alkyl halides is 3. The van der Waals surface area contributed by atoms with Crippen molar-refractivity contribution < 1.29 is 21.6 Å². The summed E-state index contributed by atoms with van der Waals surface area (Å²) in [6, 6.07) is 3.30. The summed E-state index contributed by atoms with van der Waals surface area (Å²) >= 11 is 0. The molecule has 23 heavy (non-hydrogen) atoms. The Morgan fingerprint density at radius 1 is 1.39 bits per heavy atom. The minimum atomic E-state index is -4.71. The Labute approximate surface area is 132 Å². The van der Waals surface area contributed by atoms with E-state index in [1.54, 1.807) is 0 Å². The van der Waals surface area contributed by atoms with Gasteiger partial charge in [0.15, 0.2) is 0 Å². The number of rotatable bonds is 3. The van der Waals surface area contributed by atoms with E-state index in [0.717, 1.165) is 25.1 Å². The highest BCUT2D eigenvalue weighted by molar-refractivity contribution is 7.89. The van der Waals surface area contributed by atoms with E-state index in [1.165, 1.54) is 6.07 Å². The molecule has 1 aromatic carbocycles. The molecule has 126 valence electrons. The van der Waals surface area contributed by atoms with Crippen LogP contribution in [-0.4, -0.2) is 27.5 Å². The average Bonchev–Trinajstić information content (AvgIpc) is 2.48. The van der Waals surface area contributed by atoms with Crippen molar-refractivity contribution in [2.45, 2.75) is 30.5 Å². The molecule has 1 saturated heterocycles. The van der Waals surface area contributed by atoms with Gasteiger partial charge in [0.1, 0.15) is 0 Å². The summed E-state index contributed by atoms with van der Waals surface area (Å²) in [5.74, 6) is 0.107. The maximum atomic E-state index is 12.8. The van der Waals surface area contributed by atoms with E-state index in [1.807, 2.05) is 6.92 Å². The van der Waals surface area contributed by atoms with Gasteiger partial charge in [-0.1, -0.05) is 6.92 Å². The van der Waals surface area contributed by atoms with Gasteiger partial charge in [-0.25, -0.2) is 13.1 Å². The van der Waals surface area contributed by atoms with Gasteiger partial charge in [0.25, 0.3) is 0 Å². The molecule has 0 bridgehead atoms. The molecule has 2 rings (SSSR count). The molecule has 0 aliphatic carbocycles. The number of nitrogens with zero attached hydrogens (tertiary/aromatic N) is 1. The van der Waals surface area contributed by atoms with Gasteiger partial charge in [-0.2, -0.15) is 18.4 Å². The highest BCUT2D eigenvalue weighted by Crippen LogP contribution is 2.32. The highest BCUT2D eigenvalue weighted by Gasteiger charge is 2.35. The van der Waals surface area contributed by atoms with Crippen LogP contribution < -0.4 is 10.0 Å². The lowest BCUT2D eigenvalue weighted by Gasteiger charge is -2.30. The molecule has 2 atom stereocenters. The third kappa shape index (κ3) is 4.02. The molecule has 1 aromatic rings. The standard InChI is InChI=1S/C14H16F3N3O2S/c1-9-4-5-19-8-13(9)20-23(21,22)11-2-3-12(14(15,16)17)10(6-11)7-18/h2-3,6,9,13,19-20H,4-5,8H2,1H3. The monoisotopic (exact) mass is 347 g/mol. The number of hydrogen-bond acceptors (Lipinski definition) is 4. The Bertz CT molecular complexity index is 726. The molecule has 5 nitrogen and oxygen atoms in total. The first-order chi connectivity index (χ1) is 10.6. The number of halogens is 3. The van der Waals surface area contributed by atoms with Crippen molar-refractivity contribution in [3.05, 3.63) is 29.3 Å². The van der Waals surface area contributed by atoms with Crippen molar-refractivity contribution >= 4 is 10.0 Å². The fourth-order valence-corrected chi connectivity index (χ4v) is 3.82. The van der Waals surface area contributed by atoms with Crippen LogP contribution in [0.1, 0.15) is 24.5 Å². The smallest absolute Gasteiger partial charge is 0.315 e. The van der Waals surface area contributed by atoms with E-state index < -0.39 is 27.3 Å². The van der Waals surface area contributed by atoms with E-state index in [0.29, 0.717) is 12.6 Å². The molecule has 0 saturated carbocycles. The number of sulfonamides is 1. The molecule has 2 N–H and O–H groups in total. The van der Waals surface area contributed by atoms with Gasteiger partial charge < -0.3 is 5.32 Å². The summed E-state index contributed by atoms with van der Waals surface area (Å²) in [5.41, 5.74) is -1.86. The van der Waals surface area contributed by atoms with Crippen LogP contribution in [0, 0.1) is 17.2 Å². The molecule has 2 unspecified atom stereocenters. The second-order valence-electron chi connectivity index (χ2n) is 5.51. The normalized spacial score (nSPS) is 22.6. The molecule has 1 heterocycles. The predicted octanol–water partition coefficient (Wildman–Crippen LogP) is 1.85. The lowest BCUT2D eigenvalue weighted by Crippen LogP contribution is -2.50. The zero-order chi connectivity index (χ0) is 17.3. The Morgan fingerprint density at radius 3 is 2.65 bits per heavy atom. The summed E-state index contributed by atoms with van der Waals surface area (Å²) in [6.07, 6.45) is -3.91. The molecule has 0 radical (unpaired) electrons. The summed E-state index contributed by atoms with van der Waals surface area (Å²) < 4.78 is 65.5. The van der Waals surface area contributed by atoms with Crippen molar-refractivity contribution in [2.75, 3.05) is 13.1 Å². The number of piperidine rings is 1. The number of nitriles is 1. The third-order valence-electron chi connectivity index (χ3n) is 3.86. The maximum Gasteiger partial charge on any atom is 0.417 e. The van der Waals surface area contributed by atoms with E-state index >= 15 is 0 Å². The second-order valence-corrected chi connectivity index (χ2v) is 7.23. The van der Waals surface area contributed by atoms with Gasteiger partial charge >= 0.3 is 6.18 Å². The third-order valence-corrected chi connectivity index (χ3v) is 5.35. The average molecular weight is 347 g/mol. The van der Waals surface area contributed by atoms with Crippen molar-refractivity contribution in [1.82, 2.24) is 10.0 Å². The van der Waals surface area contributed by atoms with Crippen LogP contribution in [0.25, 0.3) is 0 Å². The SMILES string of the molecule is CC1CCNCC1NS(=O)(=O)c1ccc(C(F)(F)F)c(C#N)c1. The Balaban J connectivity index is 2.32. The lowest BCUT2D eigenvalue weighted by atomic mass is 9.96. The van der Waals surface area contributed by atoms with Crippen LogP contribution in [0.4, 0.5) is 13.2 Å². The highest BCUT2D eigenvalue weighted by atomic mass is 32.2. The molecular weight excluding hydrogens is 331 g/mol. The first-order valence-corrected chi connectivity index (χ1v) is 8.48. The van der Waals surface area contributed by atoms with Crippen molar-refractivity contribution in [3.63, 3.8) is 0 Å². The molecule has 0 spiro atoms. The van der Waals surface area contributed by atoms with Crippen LogP contribution >= 0.6 is 0 Å². The molecular formula is C14H16F3N3O2S. The molecule has 0 aromatic heterocycles. The van der Waals surface area contributed by atoms with Gasteiger partial charge in [-0.3, -0.25) is 0 Å². The zero-order valence-corrected chi connectivity index (χ0v) is 13.1. The molecule has 0 amide bonds. The topological polar surface area (TPSA) is 82.0 Å². The van der Waals surface area contributed by atoms with E-state index in [-0.39, 0.29) is 16.9 Å². The van der Waals surface area contributed by atoms with Gasteiger partial charge in [0, 0.05) is 12.6 Å². The summed E-state index contributed by atoms with van der Waals surface area (Å²) in [6.45, 7) is 3.14. The Kier molecular flexibility index (Phi) is 4.98. The molecule has 1 fully saturated rings. The van der Waals surface area contributed by atoms with Crippen LogP contribution in [0.5, 0.6) is 0 Å². The summed E-state index contributed by atoms with van der Waals surface area (Å²) in [5, 5.41) is 11.9. The number of hydrogen-bond donors (Lipinski definition) is 2. The Morgan fingerprint density at radius 2 is 2.09 bits per heavy atom. The van der Waals surface area contributed by atoms with E-state index in [2.05, 4.69) is 10.0 Å². The van der Waals surface area contributed by atoms with Crippen LogP contribution in [0.15, 0.2) is 23.1 Å². The van der Waals surface area contributed by atoms with Crippen LogP contribution in [-0.2, 0) is 16.2 Å². The number of nitrogens with one attached hydrogen (secondary N) is 2. The first kappa shape index (κ1) is 17.7. The van der Waals surface area contributed by atoms with Gasteiger partial charge in [-0.15, -0.1) is 0 Å². The number of benzene rings is 1. The maximum absolute atomic E-state index is 12.8.